The van der Waals surface area contributed by atoms with Crippen molar-refractivity contribution in [1.82, 2.24) is 15.6 Å². The van der Waals surface area contributed by atoms with E-state index in [1.807, 2.05) is 0 Å². The SMILES string of the molecule is CC(=NS(=O)(=O)c1ccccc1)NC(CC(=O)NCCCC(=O)c1nc2ccccc2o1)S(=O)(=O)Cc1ccccc1OC(F)F. The summed E-state index contributed by atoms with van der Waals surface area (Å²) in [4.78, 5) is 29.4. The van der Waals surface area contributed by atoms with Crippen molar-refractivity contribution < 1.29 is 44.4 Å². The number of amides is 1. The number of carbonyl (C=O) groups excluding carboxylic acids is 2. The fraction of sp³-hybridized carbons (Fsp3) is 0.267. The van der Waals surface area contributed by atoms with E-state index in [-0.39, 0.29) is 53.1 Å². The number of sulfonamides is 1. The minimum absolute atomic E-state index is 0.00190. The highest BCUT2D eigenvalue weighted by atomic mass is 32.2. The van der Waals surface area contributed by atoms with Crippen LogP contribution in [0.4, 0.5) is 8.78 Å². The van der Waals surface area contributed by atoms with E-state index in [2.05, 4.69) is 24.8 Å². The lowest BCUT2D eigenvalue weighted by Gasteiger charge is -2.21. The van der Waals surface area contributed by atoms with Crippen LogP contribution in [0.5, 0.6) is 5.75 Å². The summed E-state index contributed by atoms with van der Waals surface area (Å²) >= 11 is 0. The maximum Gasteiger partial charge on any atom is 0.387 e. The first-order valence-electron chi connectivity index (χ1n) is 13.9. The molecule has 0 saturated carbocycles. The standard InChI is InChI=1S/C30H30F2N4O8S2/c1-20(36-46(41,42)22-11-3-2-4-12-22)34-28(45(39,40)19-21-10-5-7-15-25(21)44-30(31)32)18-27(38)33-17-9-14-24(37)29-35-23-13-6-8-16-26(23)43-29/h2-8,10-13,15-16,28,30H,9,14,17-19H2,1H3,(H,33,38)(H,34,36). The topological polar surface area (TPSA) is 174 Å². The van der Waals surface area contributed by atoms with Crippen LogP contribution in [-0.4, -0.2) is 57.9 Å². The van der Waals surface area contributed by atoms with Gasteiger partial charge < -0.3 is 19.8 Å². The second kappa shape index (κ2) is 15.1. The molecule has 0 bridgehead atoms. The molecule has 0 aliphatic heterocycles. The molecule has 4 rings (SSSR count). The van der Waals surface area contributed by atoms with Crippen LogP contribution in [0.2, 0.25) is 0 Å². The first-order valence-corrected chi connectivity index (χ1v) is 17.0. The van der Waals surface area contributed by atoms with Gasteiger partial charge in [0.05, 0.1) is 17.1 Å². The number of alkyl halides is 2. The summed E-state index contributed by atoms with van der Waals surface area (Å²) in [6.45, 7) is -2.00. The third kappa shape index (κ3) is 9.40. The lowest BCUT2D eigenvalue weighted by molar-refractivity contribution is -0.121. The zero-order valence-corrected chi connectivity index (χ0v) is 26.1. The van der Waals surface area contributed by atoms with Crippen molar-refractivity contribution in [3.63, 3.8) is 0 Å². The van der Waals surface area contributed by atoms with Gasteiger partial charge >= 0.3 is 6.61 Å². The van der Waals surface area contributed by atoms with E-state index in [0.29, 0.717) is 11.1 Å². The quantitative estimate of drug-likeness (QED) is 0.0803. The summed E-state index contributed by atoms with van der Waals surface area (Å²) in [7, 11) is -8.62. The summed E-state index contributed by atoms with van der Waals surface area (Å²) in [6, 6.07) is 19.3. The van der Waals surface area contributed by atoms with Crippen molar-refractivity contribution in [1.29, 1.82) is 0 Å². The molecule has 1 aromatic heterocycles. The van der Waals surface area contributed by atoms with Gasteiger partial charge in [-0.05, 0) is 43.7 Å². The van der Waals surface area contributed by atoms with E-state index in [4.69, 9.17) is 4.42 Å². The maximum atomic E-state index is 13.5. The van der Waals surface area contributed by atoms with Crippen LogP contribution in [0.1, 0.15) is 42.4 Å². The highest BCUT2D eigenvalue weighted by Crippen LogP contribution is 2.24. The van der Waals surface area contributed by atoms with Crippen LogP contribution < -0.4 is 15.4 Å². The summed E-state index contributed by atoms with van der Waals surface area (Å²) in [5, 5.41) is 3.32. The molecular formula is C30H30F2N4O8S2. The molecule has 1 heterocycles. The summed E-state index contributed by atoms with van der Waals surface area (Å²) in [5.41, 5.74) is 0.884. The monoisotopic (exact) mass is 676 g/mol. The number of Topliss-reactive ketones (excluding diaryl/α,β-unsaturated/α-hetero) is 1. The Hall–Kier alpha value is -4.70. The van der Waals surface area contributed by atoms with Gasteiger partial charge in [-0.2, -0.15) is 17.2 Å². The van der Waals surface area contributed by atoms with E-state index in [1.165, 1.54) is 55.5 Å². The number of nitrogens with one attached hydrogen (secondary N) is 2. The molecule has 1 atom stereocenters. The molecule has 244 valence electrons. The van der Waals surface area contributed by atoms with Crippen LogP contribution in [-0.2, 0) is 30.4 Å². The molecule has 0 spiro atoms. The van der Waals surface area contributed by atoms with Gasteiger partial charge in [0.25, 0.3) is 15.9 Å². The number of carbonyl (C=O) groups is 2. The zero-order chi connectivity index (χ0) is 33.3. The van der Waals surface area contributed by atoms with Crippen molar-refractivity contribution in [2.24, 2.45) is 4.40 Å². The number of hydrogen-bond acceptors (Lipinski definition) is 9. The Morgan fingerprint density at radius 3 is 2.35 bits per heavy atom. The molecule has 46 heavy (non-hydrogen) atoms. The number of amidine groups is 1. The van der Waals surface area contributed by atoms with Gasteiger partial charge in [0.1, 0.15) is 22.5 Å². The number of hydrogen-bond donors (Lipinski definition) is 2. The van der Waals surface area contributed by atoms with Gasteiger partial charge in [0.2, 0.25) is 11.7 Å². The number of halogens is 2. The van der Waals surface area contributed by atoms with Crippen LogP contribution in [0.25, 0.3) is 11.1 Å². The van der Waals surface area contributed by atoms with Crippen molar-refractivity contribution in [3.8, 4) is 5.75 Å². The van der Waals surface area contributed by atoms with E-state index >= 15 is 0 Å². The van der Waals surface area contributed by atoms with Crippen LogP contribution in [0.15, 0.2) is 92.6 Å². The van der Waals surface area contributed by atoms with Crippen molar-refractivity contribution in [3.05, 3.63) is 90.3 Å². The fourth-order valence-corrected chi connectivity index (χ4v) is 6.97. The predicted octanol–water partition coefficient (Wildman–Crippen LogP) is 4.24. The number of ether oxygens (including phenoxy) is 1. The number of para-hydroxylation sites is 3. The molecule has 3 aromatic carbocycles. The largest absolute Gasteiger partial charge is 0.435 e. The first-order chi connectivity index (χ1) is 21.8. The number of aromatic nitrogens is 1. The van der Waals surface area contributed by atoms with Crippen molar-refractivity contribution >= 4 is 48.5 Å². The number of nitrogens with zero attached hydrogens (tertiary/aromatic N) is 2. The predicted molar refractivity (Wildman–Crippen MR) is 165 cm³/mol. The lowest BCUT2D eigenvalue weighted by Crippen LogP contribution is -2.44. The number of oxazole rings is 1. The zero-order valence-electron chi connectivity index (χ0n) is 24.4. The maximum absolute atomic E-state index is 13.5. The Labute approximate surface area is 263 Å². The molecule has 12 nitrogen and oxygen atoms in total. The van der Waals surface area contributed by atoms with E-state index in [9.17, 15) is 35.2 Å². The Balaban J connectivity index is 1.46. The number of benzene rings is 3. The van der Waals surface area contributed by atoms with Gasteiger partial charge in [-0.15, -0.1) is 4.40 Å². The van der Waals surface area contributed by atoms with E-state index in [1.54, 1.807) is 30.3 Å². The van der Waals surface area contributed by atoms with Gasteiger partial charge in [-0.25, -0.2) is 13.4 Å². The minimum Gasteiger partial charge on any atom is -0.435 e. The molecule has 0 saturated heterocycles. The number of fused-ring (bicyclic) bond motifs is 1. The summed E-state index contributed by atoms with van der Waals surface area (Å²) in [6.07, 6.45) is -0.531. The third-order valence-electron chi connectivity index (χ3n) is 6.45. The van der Waals surface area contributed by atoms with Crippen molar-refractivity contribution in [2.75, 3.05) is 6.54 Å². The van der Waals surface area contributed by atoms with E-state index in [0.717, 1.165) is 0 Å². The Morgan fingerprint density at radius 1 is 0.957 bits per heavy atom. The molecule has 0 aliphatic rings. The second-order valence-corrected chi connectivity index (χ2v) is 13.7. The molecule has 0 radical (unpaired) electrons. The highest BCUT2D eigenvalue weighted by Gasteiger charge is 2.30. The van der Waals surface area contributed by atoms with Crippen LogP contribution >= 0.6 is 0 Å². The normalized spacial score (nSPS) is 13.0. The number of ketones is 1. The number of sulfone groups is 1. The average molecular weight is 677 g/mol. The van der Waals surface area contributed by atoms with Gasteiger partial charge in [0, 0.05) is 18.5 Å². The smallest absolute Gasteiger partial charge is 0.387 e. The highest BCUT2D eigenvalue weighted by molar-refractivity contribution is 7.91. The third-order valence-corrected chi connectivity index (χ3v) is 9.70. The van der Waals surface area contributed by atoms with Crippen LogP contribution in [0, 0.1) is 0 Å². The summed E-state index contributed by atoms with van der Waals surface area (Å²) < 4.78 is 92.0. The first kappa shape index (κ1) is 34.2. The molecule has 2 N–H and O–H groups in total. The van der Waals surface area contributed by atoms with E-state index < -0.39 is 49.9 Å². The lowest BCUT2D eigenvalue weighted by atomic mass is 10.2. The molecule has 16 heteroatoms. The van der Waals surface area contributed by atoms with Crippen LogP contribution in [0.3, 0.4) is 0 Å². The van der Waals surface area contributed by atoms with Gasteiger partial charge in [-0.3, -0.25) is 9.59 Å². The molecule has 0 fully saturated rings. The fourth-order valence-electron chi connectivity index (χ4n) is 4.32. The molecule has 1 amide bonds. The second-order valence-electron chi connectivity index (χ2n) is 9.96. The minimum atomic E-state index is -4.38. The Morgan fingerprint density at radius 2 is 1.63 bits per heavy atom. The molecule has 0 aliphatic carbocycles. The Kier molecular flexibility index (Phi) is 11.2. The Bertz CT molecular complexity index is 1900. The van der Waals surface area contributed by atoms with Gasteiger partial charge in [0.15, 0.2) is 15.4 Å². The molecule has 4 aromatic rings. The summed E-state index contributed by atoms with van der Waals surface area (Å²) in [5.74, 6) is -2.72. The number of rotatable bonds is 15. The molecule has 1 unspecified atom stereocenters. The molecular weight excluding hydrogens is 646 g/mol. The average Bonchev–Trinajstić information content (AvgIpc) is 3.44. The van der Waals surface area contributed by atoms with Gasteiger partial charge in [-0.1, -0.05) is 48.5 Å². The van der Waals surface area contributed by atoms with Crippen molar-refractivity contribution in [2.45, 2.75) is 48.8 Å².